The molecule has 4 atom stereocenters. The Morgan fingerprint density at radius 1 is 1.23 bits per heavy atom. The molecule has 1 aromatic heterocycles. The molecule has 4 rings (SSSR count). The van der Waals surface area contributed by atoms with Gasteiger partial charge in [-0.25, -0.2) is 0 Å². The van der Waals surface area contributed by atoms with Crippen molar-refractivity contribution in [2.45, 2.75) is 31.3 Å². The molecule has 2 aliphatic heterocycles. The van der Waals surface area contributed by atoms with E-state index in [9.17, 15) is 9.90 Å². The number of aliphatic hydroxyl groups excluding tert-OH is 1. The summed E-state index contributed by atoms with van der Waals surface area (Å²) in [6, 6.07) is 6.99. The van der Waals surface area contributed by atoms with Gasteiger partial charge >= 0.3 is 0 Å². The minimum Gasteiger partial charge on any atom is -0.461 e. The summed E-state index contributed by atoms with van der Waals surface area (Å²) in [6.07, 6.45) is -1.24. The highest BCUT2D eigenvalue weighted by molar-refractivity contribution is 5.98. The lowest BCUT2D eigenvalue weighted by Crippen LogP contribution is -2.44. The van der Waals surface area contributed by atoms with Crippen molar-refractivity contribution in [3.63, 3.8) is 0 Å². The summed E-state index contributed by atoms with van der Waals surface area (Å²) in [6.45, 7) is 2.48. The third-order valence-corrected chi connectivity index (χ3v) is 4.25. The number of aryl methyl sites for hydroxylation is 1. The van der Waals surface area contributed by atoms with E-state index in [0.717, 1.165) is 16.7 Å². The zero-order valence-corrected chi connectivity index (χ0v) is 12.1. The third kappa shape index (κ3) is 2.20. The molecule has 2 N–H and O–H groups in total. The molecule has 0 spiro atoms. The van der Waals surface area contributed by atoms with E-state index in [1.807, 2.05) is 13.0 Å². The molecule has 0 saturated carbocycles. The lowest BCUT2D eigenvalue weighted by atomic mass is 10.1. The standard InChI is InChI=1S/C16H17NO5/c1-8-4-10-5-9(2-3-13(10)22-8)16(19)17-11-6-20-15-12(18)7-21-14(11)15/h2-5,11-12,14-15,18H,6-7H2,1H3,(H,17,19)/t11-,12-,14+,15+/m0/s1. The number of furan rings is 1. The summed E-state index contributed by atoms with van der Waals surface area (Å²) < 4.78 is 16.5. The zero-order valence-electron chi connectivity index (χ0n) is 12.1. The van der Waals surface area contributed by atoms with Gasteiger partial charge in [0.05, 0.1) is 19.3 Å². The van der Waals surface area contributed by atoms with E-state index in [-0.39, 0.29) is 30.8 Å². The van der Waals surface area contributed by atoms with Crippen molar-refractivity contribution in [3.8, 4) is 0 Å². The lowest BCUT2D eigenvalue weighted by molar-refractivity contribution is 0.0178. The fraction of sp³-hybridized carbons (Fsp3) is 0.438. The van der Waals surface area contributed by atoms with E-state index < -0.39 is 6.10 Å². The molecule has 2 aliphatic rings. The summed E-state index contributed by atoms with van der Waals surface area (Å²) in [5, 5.41) is 13.5. The van der Waals surface area contributed by atoms with E-state index in [0.29, 0.717) is 12.2 Å². The molecule has 3 heterocycles. The van der Waals surface area contributed by atoms with Crippen LogP contribution < -0.4 is 5.32 Å². The number of hydrogen-bond acceptors (Lipinski definition) is 5. The molecule has 2 aromatic rings. The topological polar surface area (TPSA) is 80.9 Å². The van der Waals surface area contributed by atoms with Gasteiger partial charge in [0.1, 0.15) is 29.7 Å². The van der Waals surface area contributed by atoms with Gasteiger partial charge in [0.2, 0.25) is 0 Å². The van der Waals surface area contributed by atoms with Crippen molar-refractivity contribution in [1.29, 1.82) is 0 Å². The first kappa shape index (κ1) is 13.8. The maximum absolute atomic E-state index is 12.4. The van der Waals surface area contributed by atoms with Crippen molar-refractivity contribution in [2.24, 2.45) is 0 Å². The molecule has 6 heteroatoms. The number of ether oxygens (including phenoxy) is 2. The molecule has 6 nitrogen and oxygen atoms in total. The first-order valence-corrected chi connectivity index (χ1v) is 7.34. The van der Waals surface area contributed by atoms with Gasteiger partial charge in [0.25, 0.3) is 5.91 Å². The highest BCUT2D eigenvalue weighted by Gasteiger charge is 2.47. The Hall–Kier alpha value is -1.89. The van der Waals surface area contributed by atoms with Crippen LogP contribution in [0.25, 0.3) is 11.0 Å². The van der Waals surface area contributed by atoms with E-state index >= 15 is 0 Å². The summed E-state index contributed by atoms with van der Waals surface area (Å²) in [5.41, 5.74) is 1.33. The van der Waals surface area contributed by atoms with Gasteiger partial charge in [0, 0.05) is 10.9 Å². The summed E-state index contributed by atoms with van der Waals surface area (Å²) >= 11 is 0. The number of amides is 1. The molecule has 0 bridgehead atoms. The molecule has 1 amide bonds. The third-order valence-electron chi connectivity index (χ3n) is 4.25. The molecule has 0 radical (unpaired) electrons. The first-order chi connectivity index (χ1) is 10.6. The van der Waals surface area contributed by atoms with Crippen LogP contribution in [-0.2, 0) is 9.47 Å². The van der Waals surface area contributed by atoms with Crippen LogP contribution in [0.5, 0.6) is 0 Å². The number of aliphatic hydroxyl groups is 1. The van der Waals surface area contributed by atoms with E-state index in [4.69, 9.17) is 13.9 Å². The maximum atomic E-state index is 12.4. The fourth-order valence-corrected chi connectivity index (χ4v) is 3.17. The van der Waals surface area contributed by atoms with Crippen LogP contribution in [0.1, 0.15) is 16.1 Å². The number of carbonyl (C=O) groups excluding carboxylic acids is 1. The van der Waals surface area contributed by atoms with Crippen LogP contribution in [0.3, 0.4) is 0 Å². The molecule has 2 fully saturated rings. The molecule has 0 aliphatic carbocycles. The van der Waals surface area contributed by atoms with Crippen molar-refractivity contribution in [1.82, 2.24) is 5.32 Å². The predicted molar refractivity (Wildman–Crippen MR) is 77.7 cm³/mol. The Balaban J connectivity index is 1.51. The first-order valence-electron chi connectivity index (χ1n) is 7.34. The van der Waals surface area contributed by atoms with Gasteiger partial charge < -0.3 is 24.3 Å². The molecular formula is C16H17NO5. The van der Waals surface area contributed by atoms with Crippen molar-refractivity contribution in [2.75, 3.05) is 13.2 Å². The summed E-state index contributed by atoms with van der Waals surface area (Å²) in [5.74, 6) is 0.632. The highest BCUT2D eigenvalue weighted by atomic mass is 16.6. The molecular weight excluding hydrogens is 286 g/mol. The molecule has 2 saturated heterocycles. The number of nitrogens with one attached hydrogen (secondary N) is 1. The van der Waals surface area contributed by atoms with Gasteiger partial charge in [0.15, 0.2) is 0 Å². The Morgan fingerprint density at radius 2 is 2.05 bits per heavy atom. The normalized spacial score (nSPS) is 30.6. The van der Waals surface area contributed by atoms with Crippen LogP contribution in [0, 0.1) is 6.92 Å². The highest BCUT2D eigenvalue weighted by Crippen LogP contribution is 2.27. The average molecular weight is 303 g/mol. The zero-order chi connectivity index (χ0) is 15.3. The molecule has 22 heavy (non-hydrogen) atoms. The lowest BCUT2D eigenvalue weighted by Gasteiger charge is -2.17. The fourth-order valence-electron chi connectivity index (χ4n) is 3.17. The van der Waals surface area contributed by atoms with Crippen LogP contribution in [0.2, 0.25) is 0 Å². The largest absolute Gasteiger partial charge is 0.461 e. The summed E-state index contributed by atoms with van der Waals surface area (Å²) in [7, 11) is 0. The number of hydrogen-bond donors (Lipinski definition) is 2. The van der Waals surface area contributed by atoms with Gasteiger partial charge in [-0.1, -0.05) is 0 Å². The van der Waals surface area contributed by atoms with Crippen molar-refractivity contribution >= 4 is 16.9 Å². The average Bonchev–Trinajstić information content (AvgIpc) is 3.15. The van der Waals surface area contributed by atoms with E-state index in [2.05, 4.69) is 5.32 Å². The number of rotatable bonds is 2. The van der Waals surface area contributed by atoms with Crippen molar-refractivity contribution in [3.05, 3.63) is 35.6 Å². The van der Waals surface area contributed by atoms with Gasteiger partial charge in [-0.2, -0.15) is 0 Å². The van der Waals surface area contributed by atoms with Gasteiger partial charge in [-0.05, 0) is 31.2 Å². The van der Waals surface area contributed by atoms with Crippen LogP contribution in [-0.4, -0.2) is 48.6 Å². The SMILES string of the molecule is Cc1cc2cc(C(=O)N[C@H]3CO[C@H]4[C@@H]3OC[C@@H]4O)ccc2o1. The number of carbonyl (C=O) groups is 1. The maximum Gasteiger partial charge on any atom is 0.251 e. The molecule has 0 unspecified atom stereocenters. The summed E-state index contributed by atoms with van der Waals surface area (Å²) in [4.78, 5) is 12.4. The molecule has 1 aromatic carbocycles. The Bertz CT molecular complexity index is 724. The van der Waals surface area contributed by atoms with Crippen LogP contribution >= 0.6 is 0 Å². The second kappa shape index (κ2) is 5.08. The Morgan fingerprint density at radius 3 is 2.91 bits per heavy atom. The minimum absolute atomic E-state index is 0.181. The molecule has 116 valence electrons. The van der Waals surface area contributed by atoms with Crippen molar-refractivity contribution < 1.29 is 23.8 Å². The van der Waals surface area contributed by atoms with E-state index in [1.165, 1.54) is 0 Å². The quantitative estimate of drug-likeness (QED) is 0.865. The van der Waals surface area contributed by atoms with Gasteiger partial charge in [-0.15, -0.1) is 0 Å². The second-order valence-corrected chi connectivity index (χ2v) is 5.85. The monoisotopic (exact) mass is 303 g/mol. The Labute approximate surface area is 127 Å². The second-order valence-electron chi connectivity index (χ2n) is 5.85. The smallest absolute Gasteiger partial charge is 0.251 e. The van der Waals surface area contributed by atoms with Gasteiger partial charge in [-0.3, -0.25) is 4.79 Å². The number of benzene rings is 1. The van der Waals surface area contributed by atoms with Crippen LogP contribution in [0.4, 0.5) is 0 Å². The van der Waals surface area contributed by atoms with E-state index in [1.54, 1.807) is 18.2 Å². The van der Waals surface area contributed by atoms with Crippen LogP contribution in [0.15, 0.2) is 28.7 Å². The number of fused-ring (bicyclic) bond motifs is 2. The Kier molecular flexibility index (Phi) is 3.18. The predicted octanol–water partition coefficient (Wildman–Crippen LogP) is 0.998. The minimum atomic E-state index is -0.614.